The predicted octanol–water partition coefficient (Wildman–Crippen LogP) is 0.233. The molecule has 4 unspecified atom stereocenters. The first kappa shape index (κ1) is 10.4. The van der Waals surface area contributed by atoms with Crippen molar-refractivity contribution in [2.24, 2.45) is 58.7 Å². The Morgan fingerprint density at radius 3 is 2.20 bits per heavy atom. The molecule has 0 aromatic carbocycles. The summed E-state index contributed by atoms with van der Waals surface area (Å²) in [6, 6.07) is 0. The molecule has 1 saturated heterocycles. The van der Waals surface area contributed by atoms with Crippen LogP contribution in [0.5, 0.6) is 0 Å². The predicted molar refractivity (Wildman–Crippen MR) is 61.6 cm³/mol. The number of carbonyl (C=O) groups is 3. The molecule has 1 heterocycles. The number of cyclic esters (lactones) is 2. The van der Waals surface area contributed by atoms with E-state index in [4.69, 9.17) is 9.47 Å². The quantitative estimate of drug-likeness (QED) is 0.532. The fraction of sp³-hybridized carbons (Fsp3) is 0.800. The van der Waals surface area contributed by atoms with Crippen molar-refractivity contribution >= 4 is 17.9 Å². The fourth-order valence-electron chi connectivity index (χ4n) is 7.73. The van der Waals surface area contributed by atoms with Crippen LogP contribution >= 0.6 is 0 Å². The minimum atomic E-state index is -0.289. The van der Waals surface area contributed by atoms with E-state index >= 15 is 0 Å². The summed E-state index contributed by atoms with van der Waals surface area (Å²) >= 11 is 0. The maximum atomic E-state index is 11.9. The van der Waals surface area contributed by atoms with Crippen LogP contribution in [0.1, 0.15) is 6.92 Å². The highest BCUT2D eigenvalue weighted by atomic mass is 16.6. The molecule has 5 heteroatoms. The van der Waals surface area contributed by atoms with E-state index in [1.807, 2.05) is 0 Å². The minimum absolute atomic E-state index is 0.140. The number of esters is 3. The van der Waals surface area contributed by atoms with E-state index in [9.17, 15) is 14.4 Å². The molecule has 6 saturated carbocycles. The molecule has 20 heavy (non-hydrogen) atoms. The normalized spacial score (nSPS) is 65.0. The molecule has 0 radical (unpaired) electrons. The lowest BCUT2D eigenvalue weighted by molar-refractivity contribution is -0.534. The average molecular weight is 274 g/mol. The summed E-state index contributed by atoms with van der Waals surface area (Å²) in [5.74, 6) is 2.50. The van der Waals surface area contributed by atoms with Crippen molar-refractivity contribution in [1.82, 2.24) is 0 Å². The zero-order valence-electron chi connectivity index (χ0n) is 10.9. The van der Waals surface area contributed by atoms with Gasteiger partial charge in [-0.2, -0.15) is 0 Å². The zero-order chi connectivity index (χ0) is 13.5. The number of ether oxygens (including phenoxy) is 2. The van der Waals surface area contributed by atoms with Gasteiger partial charge < -0.3 is 9.47 Å². The SMILES string of the molecule is CC(=O)OCC12C3[C@H]4C5[C@@H]3[C@H]1C([C@H]42)[C@@H]1C(=O)OC(=O)[C@H]51. The van der Waals surface area contributed by atoms with Gasteiger partial charge >= 0.3 is 17.9 Å². The monoisotopic (exact) mass is 274 g/mol. The Balaban J connectivity index is 1.38. The van der Waals surface area contributed by atoms with Crippen LogP contribution < -0.4 is 0 Å². The van der Waals surface area contributed by atoms with Gasteiger partial charge in [0.25, 0.3) is 0 Å². The third-order valence-electron chi connectivity index (χ3n) is 7.73. The first-order chi connectivity index (χ1) is 9.59. The summed E-state index contributed by atoms with van der Waals surface area (Å²) in [7, 11) is 0. The van der Waals surface area contributed by atoms with Gasteiger partial charge in [0.2, 0.25) is 0 Å². The van der Waals surface area contributed by atoms with Crippen molar-refractivity contribution in [3.05, 3.63) is 0 Å². The summed E-state index contributed by atoms with van der Waals surface area (Å²) in [6.45, 7) is 1.98. The molecular formula is C15H14O5. The van der Waals surface area contributed by atoms with Crippen LogP contribution in [0.4, 0.5) is 0 Å². The van der Waals surface area contributed by atoms with Crippen molar-refractivity contribution < 1.29 is 23.9 Å². The molecule has 0 aromatic heterocycles. The van der Waals surface area contributed by atoms with E-state index in [0.29, 0.717) is 48.0 Å². The van der Waals surface area contributed by atoms with Gasteiger partial charge in [-0.15, -0.1) is 0 Å². The Morgan fingerprint density at radius 2 is 1.60 bits per heavy atom. The van der Waals surface area contributed by atoms with E-state index in [-0.39, 0.29) is 35.2 Å². The van der Waals surface area contributed by atoms with Gasteiger partial charge in [0, 0.05) is 12.3 Å². The Morgan fingerprint density at radius 1 is 1.05 bits per heavy atom. The lowest BCUT2D eigenvalue weighted by atomic mass is 9.04. The molecule has 7 rings (SSSR count). The molecule has 0 amide bonds. The number of carbonyl (C=O) groups excluding carboxylic acids is 3. The van der Waals surface area contributed by atoms with Crippen molar-refractivity contribution in [3.8, 4) is 0 Å². The third-order valence-corrected chi connectivity index (χ3v) is 7.73. The highest BCUT2D eigenvalue weighted by Gasteiger charge is 2.99. The topological polar surface area (TPSA) is 69.7 Å². The van der Waals surface area contributed by atoms with E-state index in [2.05, 4.69) is 0 Å². The van der Waals surface area contributed by atoms with Crippen molar-refractivity contribution in [2.45, 2.75) is 6.92 Å². The molecule has 1 aliphatic heterocycles. The smallest absolute Gasteiger partial charge is 0.317 e. The Kier molecular flexibility index (Phi) is 1.32. The fourth-order valence-corrected chi connectivity index (χ4v) is 7.73. The first-order valence-corrected chi connectivity index (χ1v) is 7.48. The zero-order valence-corrected chi connectivity index (χ0v) is 10.9. The highest BCUT2D eigenvalue weighted by molar-refractivity contribution is 5.98. The molecule has 0 spiro atoms. The van der Waals surface area contributed by atoms with Crippen molar-refractivity contribution in [1.29, 1.82) is 0 Å². The third kappa shape index (κ3) is 0.655. The molecule has 104 valence electrons. The molecule has 7 aliphatic rings. The molecule has 10 atom stereocenters. The Labute approximate surface area is 115 Å². The molecule has 0 N–H and O–H groups in total. The van der Waals surface area contributed by atoms with Gasteiger partial charge in [0.1, 0.15) is 0 Å². The number of rotatable bonds is 2. The minimum Gasteiger partial charge on any atom is -0.465 e. The summed E-state index contributed by atoms with van der Waals surface area (Å²) in [6.07, 6.45) is 0. The Bertz CT molecular complexity index is 604. The van der Waals surface area contributed by atoms with Gasteiger partial charge in [-0.25, -0.2) is 0 Å². The molecule has 2 bridgehead atoms. The van der Waals surface area contributed by atoms with Crippen LogP contribution in [-0.4, -0.2) is 24.5 Å². The molecule has 5 nitrogen and oxygen atoms in total. The first-order valence-electron chi connectivity index (χ1n) is 7.48. The standard InChI is InChI=1S/C15H14O5/c1-3(16)19-2-15-10-7-4-5-6(14(18)20-13(5)17)9(11(7)15)12(15)8(4)10/h4-12H,2H2,1H3/t4?,5-,6-,7-,8+,9?,10?,11+,12+,15?/m1/s1. The van der Waals surface area contributed by atoms with E-state index in [1.165, 1.54) is 6.92 Å². The van der Waals surface area contributed by atoms with Crippen LogP contribution in [0.15, 0.2) is 0 Å². The van der Waals surface area contributed by atoms with Gasteiger partial charge in [0.15, 0.2) is 0 Å². The largest absolute Gasteiger partial charge is 0.465 e. The maximum Gasteiger partial charge on any atom is 0.317 e. The summed E-state index contributed by atoms with van der Waals surface area (Å²) in [5, 5.41) is 0. The summed E-state index contributed by atoms with van der Waals surface area (Å²) in [5.41, 5.74) is 0.180. The molecule has 0 aromatic rings. The lowest BCUT2D eigenvalue weighted by Crippen LogP contribution is -2.98. The van der Waals surface area contributed by atoms with E-state index in [1.54, 1.807) is 0 Å². The molecular weight excluding hydrogens is 260 g/mol. The second kappa shape index (κ2) is 2.55. The Hall–Kier alpha value is -1.39. The molecule has 7 fully saturated rings. The average Bonchev–Trinajstić information content (AvgIpc) is 2.64. The second-order valence-electron chi connectivity index (χ2n) is 7.57. The van der Waals surface area contributed by atoms with E-state index in [0.717, 1.165) is 0 Å². The van der Waals surface area contributed by atoms with Gasteiger partial charge in [0.05, 0.1) is 18.4 Å². The van der Waals surface area contributed by atoms with Crippen LogP contribution in [-0.2, 0) is 23.9 Å². The van der Waals surface area contributed by atoms with Crippen LogP contribution in [0, 0.1) is 58.7 Å². The summed E-state index contributed by atoms with van der Waals surface area (Å²) in [4.78, 5) is 34.9. The number of hydrogen-bond donors (Lipinski definition) is 0. The number of hydrogen-bond acceptors (Lipinski definition) is 5. The van der Waals surface area contributed by atoms with E-state index < -0.39 is 0 Å². The van der Waals surface area contributed by atoms with Crippen molar-refractivity contribution in [3.63, 3.8) is 0 Å². The van der Waals surface area contributed by atoms with Crippen LogP contribution in [0.2, 0.25) is 0 Å². The molecule has 6 aliphatic carbocycles. The van der Waals surface area contributed by atoms with Crippen molar-refractivity contribution in [2.75, 3.05) is 6.61 Å². The maximum absolute atomic E-state index is 11.9. The van der Waals surface area contributed by atoms with Crippen LogP contribution in [0.3, 0.4) is 0 Å². The van der Waals surface area contributed by atoms with Gasteiger partial charge in [-0.1, -0.05) is 0 Å². The highest BCUT2D eigenvalue weighted by Crippen LogP contribution is 2.98. The van der Waals surface area contributed by atoms with Gasteiger partial charge in [-0.05, 0) is 41.4 Å². The second-order valence-corrected chi connectivity index (χ2v) is 7.57. The van der Waals surface area contributed by atoms with Gasteiger partial charge in [-0.3, -0.25) is 14.4 Å². The van der Waals surface area contributed by atoms with Crippen LogP contribution in [0.25, 0.3) is 0 Å². The lowest BCUT2D eigenvalue weighted by Gasteiger charge is -2.98. The summed E-state index contributed by atoms with van der Waals surface area (Å²) < 4.78 is 10.2.